The first-order chi connectivity index (χ1) is 6.33. The van der Waals surface area contributed by atoms with E-state index in [1.807, 2.05) is 0 Å². The molecule has 1 rings (SSSR count). The molecule has 0 aromatic carbocycles. The lowest BCUT2D eigenvalue weighted by molar-refractivity contribution is -0.140. The molecule has 1 aliphatic heterocycles. The Morgan fingerprint density at radius 3 is 2.77 bits per heavy atom. The predicted octanol–water partition coefficient (Wildman–Crippen LogP) is 0.272. The van der Waals surface area contributed by atoms with E-state index in [0.29, 0.717) is 6.42 Å². The zero-order chi connectivity index (χ0) is 9.52. The molecule has 1 heterocycles. The Morgan fingerprint density at radius 1 is 1.46 bits per heavy atom. The van der Waals surface area contributed by atoms with Gasteiger partial charge >= 0.3 is 5.97 Å². The number of carbonyl (C=O) groups is 1. The quantitative estimate of drug-likeness (QED) is 0.592. The van der Waals surface area contributed by atoms with Crippen molar-refractivity contribution in [2.75, 3.05) is 40.0 Å². The number of methoxy groups -OCH3 is 1. The summed E-state index contributed by atoms with van der Waals surface area (Å²) in [5, 5.41) is 0. The molecule has 13 heavy (non-hydrogen) atoms. The van der Waals surface area contributed by atoms with Crippen molar-refractivity contribution < 1.29 is 14.3 Å². The number of morpholine rings is 1. The van der Waals surface area contributed by atoms with Gasteiger partial charge in [0.2, 0.25) is 0 Å². The Kier molecular flexibility index (Phi) is 4.78. The molecule has 76 valence electrons. The van der Waals surface area contributed by atoms with E-state index >= 15 is 0 Å². The minimum Gasteiger partial charge on any atom is -0.469 e. The van der Waals surface area contributed by atoms with Crippen LogP contribution >= 0.6 is 0 Å². The first kappa shape index (κ1) is 10.5. The normalized spacial score (nSPS) is 18.5. The highest BCUT2D eigenvalue weighted by Crippen LogP contribution is 2.00. The van der Waals surface area contributed by atoms with Gasteiger partial charge in [-0.2, -0.15) is 0 Å². The second-order valence-corrected chi connectivity index (χ2v) is 3.13. The molecule has 0 unspecified atom stereocenters. The van der Waals surface area contributed by atoms with Gasteiger partial charge < -0.3 is 9.47 Å². The van der Waals surface area contributed by atoms with Gasteiger partial charge in [0.15, 0.2) is 0 Å². The van der Waals surface area contributed by atoms with Crippen molar-refractivity contribution in [3.8, 4) is 0 Å². The third-order valence-electron chi connectivity index (χ3n) is 2.19. The summed E-state index contributed by atoms with van der Waals surface area (Å²) in [6.07, 6.45) is 1.40. The van der Waals surface area contributed by atoms with Crippen LogP contribution in [0.5, 0.6) is 0 Å². The Morgan fingerprint density at radius 2 is 2.15 bits per heavy atom. The molecule has 1 fully saturated rings. The lowest BCUT2D eigenvalue weighted by Crippen LogP contribution is -2.36. The van der Waals surface area contributed by atoms with Gasteiger partial charge in [-0.1, -0.05) is 0 Å². The fourth-order valence-corrected chi connectivity index (χ4v) is 1.37. The van der Waals surface area contributed by atoms with E-state index in [0.717, 1.165) is 39.3 Å². The lowest BCUT2D eigenvalue weighted by Gasteiger charge is -2.26. The van der Waals surface area contributed by atoms with Gasteiger partial charge in [-0.3, -0.25) is 9.69 Å². The molecule has 0 bridgehead atoms. The molecule has 0 aliphatic carbocycles. The molecule has 0 saturated carbocycles. The molecule has 0 radical (unpaired) electrons. The zero-order valence-electron chi connectivity index (χ0n) is 8.12. The molecule has 4 heteroatoms. The molecule has 0 aromatic rings. The van der Waals surface area contributed by atoms with E-state index in [4.69, 9.17) is 4.74 Å². The summed E-state index contributed by atoms with van der Waals surface area (Å²) >= 11 is 0. The van der Waals surface area contributed by atoms with E-state index in [1.54, 1.807) is 0 Å². The summed E-state index contributed by atoms with van der Waals surface area (Å²) in [4.78, 5) is 13.1. The van der Waals surface area contributed by atoms with E-state index < -0.39 is 0 Å². The van der Waals surface area contributed by atoms with Crippen LogP contribution in [-0.2, 0) is 14.3 Å². The molecular formula is C9H17NO3. The van der Waals surface area contributed by atoms with E-state index in [1.165, 1.54) is 7.11 Å². The number of esters is 1. The van der Waals surface area contributed by atoms with Crippen LogP contribution in [-0.4, -0.2) is 50.8 Å². The fourth-order valence-electron chi connectivity index (χ4n) is 1.37. The molecule has 0 spiro atoms. The first-order valence-electron chi connectivity index (χ1n) is 4.70. The summed E-state index contributed by atoms with van der Waals surface area (Å²) in [5.41, 5.74) is 0. The average molecular weight is 187 g/mol. The van der Waals surface area contributed by atoms with Crippen molar-refractivity contribution in [1.29, 1.82) is 0 Å². The van der Waals surface area contributed by atoms with Crippen LogP contribution in [0.4, 0.5) is 0 Å². The minimum atomic E-state index is -0.117. The summed E-state index contributed by atoms with van der Waals surface area (Å²) in [7, 11) is 1.43. The molecule has 0 atom stereocenters. The van der Waals surface area contributed by atoms with Gasteiger partial charge in [-0.05, 0) is 13.0 Å². The van der Waals surface area contributed by atoms with Crippen LogP contribution in [0.3, 0.4) is 0 Å². The smallest absolute Gasteiger partial charge is 0.305 e. The first-order valence-corrected chi connectivity index (χ1v) is 4.70. The van der Waals surface area contributed by atoms with Crippen molar-refractivity contribution >= 4 is 5.97 Å². The zero-order valence-corrected chi connectivity index (χ0v) is 8.12. The number of nitrogens with zero attached hydrogens (tertiary/aromatic N) is 1. The highest BCUT2D eigenvalue weighted by Gasteiger charge is 2.10. The van der Waals surface area contributed by atoms with Gasteiger partial charge in [0.1, 0.15) is 0 Å². The fraction of sp³-hybridized carbons (Fsp3) is 0.889. The summed E-state index contributed by atoms with van der Waals surface area (Å²) in [6, 6.07) is 0. The number of hydrogen-bond acceptors (Lipinski definition) is 4. The molecule has 0 amide bonds. The maximum Gasteiger partial charge on any atom is 0.305 e. The van der Waals surface area contributed by atoms with Crippen molar-refractivity contribution in [2.24, 2.45) is 0 Å². The van der Waals surface area contributed by atoms with Gasteiger partial charge in [0.25, 0.3) is 0 Å². The summed E-state index contributed by atoms with van der Waals surface area (Å²) < 4.78 is 9.77. The number of hydrogen-bond donors (Lipinski definition) is 0. The van der Waals surface area contributed by atoms with E-state index in [2.05, 4.69) is 9.64 Å². The van der Waals surface area contributed by atoms with Crippen LogP contribution in [0, 0.1) is 0 Å². The Bertz CT molecular complexity index is 155. The molecule has 4 nitrogen and oxygen atoms in total. The molecule has 1 saturated heterocycles. The highest BCUT2D eigenvalue weighted by atomic mass is 16.5. The van der Waals surface area contributed by atoms with Crippen LogP contribution in [0.15, 0.2) is 0 Å². The predicted molar refractivity (Wildman–Crippen MR) is 48.5 cm³/mol. The number of carbonyl (C=O) groups excluding carboxylic acids is 1. The second kappa shape index (κ2) is 5.94. The Balaban J connectivity index is 2.01. The third kappa shape index (κ3) is 4.24. The van der Waals surface area contributed by atoms with Crippen LogP contribution in [0.25, 0.3) is 0 Å². The monoisotopic (exact) mass is 187 g/mol. The number of ether oxygens (including phenoxy) is 2. The second-order valence-electron chi connectivity index (χ2n) is 3.13. The van der Waals surface area contributed by atoms with Crippen LogP contribution in [0.2, 0.25) is 0 Å². The van der Waals surface area contributed by atoms with Crippen molar-refractivity contribution in [2.45, 2.75) is 12.8 Å². The Labute approximate surface area is 78.8 Å². The van der Waals surface area contributed by atoms with Crippen LogP contribution < -0.4 is 0 Å². The van der Waals surface area contributed by atoms with E-state index in [9.17, 15) is 4.79 Å². The standard InChI is InChI=1S/C9H17NO3/c1-12-9(11)3-2-4-10-5-7-13-8-6-10/h2-8H2,1H3. The van der Waals surface area contributed by atoms with Gasteiger partial charge in [-0.15, -0.1) is 0 Å². The molecule has 0 aromatic heterocycles. The average Bonchev–Trinajstić information content (AvgIpc) is 2.19. The molecule has 0 N–H and O–H groups in total. The maximum atomic E-state index is 10.8. The van der Waals surface area contributed by atoms with Crippen molar-refractivity contribution in [3.05, 3.63) is 0 Å². The molecular weight excluding hydrogens is 170 g/mol. The SMILES string of the molecule is COC(=O)CCCN1CCOCC1. The molecule has 1 aliphatic rings. The van der Waals surface area contributed by atoms with Gasteiger partial charge in [-0.25, -0.2) is 0 Å². The number of rotatable bonds is 4. The minimum absolute atomic E-state index is 0.117. The maximum absolute atomic E-state index is 10.8. The summed E-state index contributed by atoms with van der Waals surface area (Å²) in [5.74, 6) is -0.117. The topological polar surface area (TPSA) is 38.8 Å². The van der Waals surface area contributed by atoms with Crippen molar-refractivity contribution in [1.82, 2.24) is 4.90 Å². The Hall–Kier alpha value is -0.610. The third-order valence-corrected chi connectivity index (χ3v) is 2.19. The van der Waals surface area contributed by atoms with Crippen molar-refractivity contribution in [3.63, 3.8) is 0 Å². The van der Waals surface area contributed by atoms with Gasteiger partial charge in [0, 0.05) is 19.5 Å². The van der Waals surface area contributed by atoms with E-state index in [-0.39, 0.29) is 5.97 Å². The largest absolute Gasteiger partial charge is 0.469 e. The van der Waals surface area contributed by atoms with Crippen LogP contribution in [0.1, 0.15) is 12.8 Å². The lowest BCUT2D eigenvalue weighted by atomic mass is 10.3. The summed E-state index contributed by atoms with van der Waals surface area (Å²) in [6.45, 7) is 4.58. The van der Waals surface area contributed by atoms with Gasteiger partial charge in [0.05, 0.1) is 20.3 Å². The highest BCUT2D eigenvalue weighted by molar-refractivity contribution is 5.69.